The predicted octanol–water partition coefficient (Wildman–Crippen LogP) is 6.72. The number of anilines is 1. The van der Waals surface area contributed by atoms with Gasteiger partial charge in [0.25, 0.3) is 0 Å². The topological polar surface area (TPSA) is 109 Å². The highest BCUT2D eigenvalue weighted by molar-refractivity contribution is 6.36. The number of benzene rings is 2. The Hall–Kier alpha value is -3.55. The second kappa shape index (κ2) is 8.54. The first-order valence-corrected chi connectivity index (χ1v) is 12.6. The highest BCUT2D eigenvalue weighted by Gasteiger charge is 2.45. The summed E-state index contributed by atoms with van der Waals surface area (Å²) in [7, 11) is 0. The Morgan fingerprint density at radius 1 is 1.08 bits per heavy atom. The molecule has 0 spiro atoms. The zero-order valence-corrected chi connectivity index (χ0v) is 20.8. The molecule has 9 heteroatoms. The molecule has 0 atom stereocenters. The zero-order chi connectivity index (χ0) is 25.0. The van der Waals surface area contributed by atoms with Crippen LogP contribution >= 0.6 is 23.2 Å². The minimum atomic E-state index is -1.07. The third kappa shape index (κ3) is 3.45. The van der Waals surface area contributed by atoms with E-state index >= 15 is 0 Å². The summed E-state index contributed by atoms with van der Waals surface area (Å²) in [6.07, 6.45) is 7.11. The fourth-order valence-corrected chi connectivity index (χ4v) is 6.00. The number of nitrogens with one attached hydrogen (secondary N) is 1. The number of aliphatic carboxylic acids is 1. The maximum atomic E-state index is 12.6. The first kappa shape index (κ1) is 22.9. The van der Waals surface area contributed by atoms with Crippen LogP contribution in [0.2, 0.25) is 10.0 Å². The van der Waals surface area contributed by atoms with E-state index in [-0.39, 0.29) is 0 Å². The Morgan fingerprint density at radius 3 is 2.64 bits per heavy atom. The van der Waals surface area contributed by atoms with Crippen LogP contribution in [0, 0.1) is 0 Å². The molecule has 0 aliphatic heterocycles. The number of hydrogen-bond acceptors (Lipinski definition) is 4. The number of aromatic amines is 1. The predicted molar refractivity (Wildman–Crippen MR) is 143 cm³/mol. The van der Waals surface area contributed by atoms with Crippen molar-refractivity contribution in [3.05, 3.63) is 70.7 Å². The maximum absolute atomic E-state index is 12.6. The Bertz CT molecular complexity index is 1650. The smallest absolute Gasteiger partial charge is 0.317 e. The minimum Gasteiger partial charge on any atom is -0.480 e. The summed E-state index contributed by atoms with van der Waals surface area (Å²) in [4.78, 5) is 25.4. The molecule has 0 saturated heterocycles. The molecule has 1 fully saturated rings. The highest BCUT2D eigenvalue weighted by atomic mass is 35.5. The number of nitrogen functional groups attached to an aromatic ring is 1. The van der Waals surface area contributed by atoms with E-state index < -0.39 is 11.4 Å². The number of carboxylic acid groups (broad SMARTS) is 1. The van der Waals surface area contributed by atoms with Crippen molar-refractivity contribution < 1.29 is 9.90 Å². The first-order valence-electron chi connectivity index (χ1n) is 11.8. The Morgan fingerprint density at radius 2 is 1.89 bits per heavy atom. The lowest BCUT2D eigenvalue weighted by Crippen LogP contribution is -2.39. The average Bonchev–Trinajstić information content (AvgIpc) is 3.47. The summed E-state index contributed by atoms with van der Waals surface area (Å²) < 4.78 is 1.81. The van der Waals surface area contributed by atoms with Crippen molar-refractivity contribution in [2.75, 3.05) is 5.73 Å². The van der Waals surface area contributed by atoms with Gasteiger partial charge in [-0.05, 0) is 31.0 Å². The average molecular weight is 520 g/mol. The van der Waals surface area contributed by atoms with Crippen molar-refractivity contribution in [1.82, 2.24) is 19.4 Å². The van der Waals surface area contributed by atoms with Crippen molar-refractivity contribution >= 4 is 51.4 Å². The normalized spacial score (nSPS) is 15.5. The lowest BCUT2D eigenvalue weighted by atomic mass is 9.73. The number of nitrogens with two attached hydrogens (primary N) is 1. The van der Waals surface area contributed by atoms with Crippen LogP contribution in [0.3, 0.4) is 0 Å². The molecule has 3 heterocycles. The van der Waals surface area contributed by atoms with E-state index in [0.29, 0.717) is 45.7 Å². The minimum absolute atomic E-state index is 0.294. The number of carboxylic acids is 1. The molecule has 7 nitrogen and oxygen atoms in total. The fourth-order valence-electron chi connectivity index (χ4n) is 5.49. The van der Waals surface area contributed by atoms with E-state index in [1.165, 1.54) is 0 Å². The second-order valence-electron chi connectivity index (χ2n) is 9.34. The summed E-state index contributed by atoms with van der Waals surface area (Å²) in [5.41, 5.74) is 9.82. The van der Waals surface area contributed by atoms with Crippen LogP contribution in [-0.2, 0) is 10.2 Å². The van der Waals surface area contributed by atoms with Crippen LogP contribution in [-0.4, -0.2) is 30.4 Å². The van der Waals surface area contributed by atoms with E-state index in [1.807, 2.05) is 36.4 Å². The van der Waals surface area contributed by atoms with E-state index in [9.17, 15) is 9.90 Å². The van der Waals surface area contributed by atoms with Crippen LogP contribution in [0.4, 0.5) is 5.82 Å². The fraction of sp³-hybridized carbons (Fsp3) is 0.222. The SMILES string of the molecule is Nc1nccn2c(C3(C(=O)O)CCCCC3)nc(-c3cc4cccc(-c5ccc(Cl)cc5Cl)c4[nH]3)c12. The number of halogens is 2. The molecule has 0 radical (unpaired) electrons. The van der Waals surface area contributed by atoms with Gasteiger partial charge in [0, 0.05) is 39.0 Å². The molecular weight excluding hydrogens is 497 g/mol. The van der Waals surface area contributed by atoms with Crippen molar-refractivity contribution in [2.24, 2.45) is 0 Å². The molecule has 1 saturated carbocycles. The van der Waals surface area contributed by atoms with Gasteiger partial charge in [0.1, 0.15) is 28.3 Å². The summed E-state index contributed by atoms with van der Waals surface area (Å²) in [6, 6.07) is 13.4. The number of para-hydroxylation sites is 1. The van der Waals surface area contributed by atoms with Crippen molar-refractivity contribution in [2.45, 2.75) is 37.5 Å². The van der Waals surface area contributed by atoms with Crippen LogP contribution in [0.25, 0.3) is 38.9 Å². The third-order valence-electron chi connectivity index (χ3n) is 7.26. The van der Waals surface area contributed by atoms with Crippen LogP contribution in [0.1, 0.15) is 37.9 Å². The largest absolute Gasteiger partial charge is 0.480 e. The zero-order valence-electron chi connectivity index (χ0n) is 19.3. The van der Waals surface area contributed by atoms with E-state index in [2.05, 4.69) is 9.97 Å². The molecule has 4 N–H and O–H groups in total. The number of carbonyl (C=O) groups is 1. The number of nitrogens with zero attached hydrogens (tertiary/aromatic N) is 3. The Kier molecular flexibility index (Phi) is 5.43. The standard InChI is InChI=1S/C27H23Cl2N5O2/c28-16-7-8-17(19(29)14-16)18-6-4-5-15-13-20(32-21(15)18)22-23-24(30)31-11-12-34(23)25(33-22)27(26(35)36)9-2-1-3-10-27/h4-8,11-14,32H,1-3,9-10H2,(H2,30,31)(H,35,36). The number of fused-ring (bicyclic) bond motifs is 2. The number of hydrogen-bond donors (Lipinski definition) is 3. The molecule has 3 aromatic heterocycles. The summed E-state index contributed by atoms with van der Waals surface area (Å²) in [6.45, 7) is 0. The number of imidazole rings is 1. The molecule has 1 aliphatic rings. The molecular formula is C27H23Cl2N5O2. The van der Waals surface area contributed by atoms with Gasteiger partial charge in [-0.3, -0.25) is 9.20 Å². The van der Waals surface area contributed by atoms with Gasteiger partial charge < -0.3 is 15.8 Å². The molecule has 36 heavy (non-hydrogen) atoms. The maximum Gasteiger partial charge on any atom is 0.317 e. The van der Waals surface area contributed by atoms with Gasteiger partial charge in [0.2, 0.25) is 0 Å². The second-order valence-corrected chi connectivity index (χ2v) is 10.2. The summed E-state index contributed by atoms with van der Waals surface area (Å²) >= 11 is 12.6. The number of H-pyrrole nitrogens is 1. The molecule has 2 aromatic carbocycles. The molecule has 0 unspecified atom stereocenters. The highest BCUT2D eigenvalue weighted by Crippen LogP contribution is 2.43. The molecule has 6 rings (SSSR count). The molecule has 1 aliphatic carbocycles. The summed E-state index contributed by atoms with van der Waals surface area (Å²) in [5.74, 6) is -0.0667. The monoisotopic (exact) mass is 519 g/mol. The van der Waals surface area contributed by atoms with Crippen molar-refractivity contribution in [1.29, 1.82) is 0 Å². The number of rotatable bonds is 4. The Balaban J connectivity index is 1.59. The van der Waals surface area contributed by atoms with Gasteiger partial charge in [0.05, 0.1) is 11.2 Å². The molecule has 0 amide bonds. The third-order valence-corrected chi connectivity index (χ3v) is 7.81. The molecule has 5 aromatic rings. The lowest BCUT2D eigenvalue weighted by molar-refractivity contribution is -0.145. The van der Waals surface area contributed by atoms with Gasteiger partial charge >= 0.3 is 5.97 Å². The van der Waals surface area contributed by atoms with Crippen molar-refractivity contribution in [3.63, 3.8) is 0 Å². The molecule has 0 bridgehead atoms. The van der Waals surface area contributed by atoms with Crippen molar-refractivity contribution in [3.8, 4) is 22.5 Å². The quantitative estimate of drug-likeness (QED) is 0.244. The first-order chi connectivity index (χ1) is 17.4. The van der Waals surface area contributed by atoms with E-state index in [4.69, 9.17) is 33.9 Å². The van der Waals surface area contributed by atoms with Gasteiger partial charge in [-0.15, -0.1) is 0 Å². The van der Waals surface area contributed by atoms with Gasteiger partial charge in [0.15, 0.2) is 0 Å². The van der Waals surface area contributed by atoms with E-state index in [0.717, 1.165) is 47.0 Å². The van der Waals surface area contributed by atoms with E-state index in [1.54, 1.807) is 22.9 Å². The van der Waals surface area contributed by atoms with Crippen LogP contribution < -0.4 is 5.73 Å². The Labute approximate surface area is 216 Å². The molecule has 182 valence electrons. The number of aromatic nitrogens is 4. The van der Waals surface area contributed by atoms with Gasteiger partial charge in [-0.2, -0.15) is 0 Å². The van der Waals surface area contributed by atoms with Crippen LogP contribution in [0.5, 0.6) is 0 Å². The lowest BCUT2D eigenvalue weighted by Gasteiger charge is -2.31. The van der Waals surface area contributed by atoms with Gasteiger partial charge in [-0.25, -0.2) is 9.97 Å². The van der Waals surface area contributed by atoms with Gasteiger partial charge in [-0.1, -0.05) is 66.7 Å². The summed E-state index contributed by atoms with van der Waals surface area (Å²) in [5, 5.41) is 12.4. The van der Waals surface area contributed by atoms with Crippen LogP contribution in [0.15, 0.2) is 54.9 Å².